The fraction of sp³-hybridized carbons (Fsp3) is 0.217. The second kappa shape index (κ2) is 8.67. The predicted molar refractivity (Wildman–Crippen MR) is 104 cm³/mol. The summed E-state index contributed by atoms with van der Waals surface area (Å²) in [6, 6.07) is 18.2. The highest BCUT2D eigenvalue weighted by atomic mass is 19.2. The van der Waals surface area contributed by atoms with Crippen LogP contribution in [0.15, 0.2) is 60.7 Å². The zero-order chi connectivity index (χ0) is 19.2. The van der Waals surface area contributed by atoms with Gasteiger partial charge in [0.1, 0.15) is 5.75 Å². The first kappa shape index (κ1) is 18.9. The normalized spacial score (nSPS) is 10.7. The highest BCUT2D eigenvalue weighted by Crippen LogP contribution is 2.31. The van der Waals surface area contributed by atoms with Crippen molar-refractivity contribution in [1.82, 2.24) is 0 Å². The Bertz CT molecular complexity index is 888. The van der Waals surface area contributed by atoms with Crippen LogP contribution in [0.4, 0.5) is 8.78 Å². The zero-order valence-electron chi connectivity index (χ0n) is 15.5. The van der Waals surface area contributed by atoms with Gasteiger partial charge in [-0.05, 0) is 54.3 Å². The summed E-state index contributed by atoms with van der Waals surface area (Å²) in [4.78, 5) is 0. The van der Waals surface area contributed by atoms with Crippen molar-refractivity contribution in [3.05, 3.63) is 72.3 Å². The van der Waals surface area contributed by atoms with Crippen molar-refractivity contribution >= 4 is 0 Å². The lowest BCUT2D eigenvalue weighted by Crippen LogP contribution is -2.00. The van der Waals surface area contributed by atoms with Crippen LogP contribution in [0, 0.1) is 11.6 Å². The summed E-state index contributed by atoms with van der Waals surface area (Å²) in [7, 11) is 0. The van der Waals surface area contributed by atoms with Crippen molar-refractivity contribution in [3.8, 4) is 33.8 Å². The number of hydrogen-bond donors (Lipinski definition) is 0. The fourth-order valence-electron chi connectivity index (χ4n) is 2.83. The lowest BCUT2D eigenvalue weighted by atomic mass is 9.99. The van der Waals surface area contributed by atoms with Crippen LogP contribution >= 0.6 is 0 Å². The molecule has 0 aliphatic heterocycles. The van der Waals surface area contributed by atoms with Crippen LogP contribution in [-0.2, 0) is 0 Å². The van der Waals surface area contributed by atoms with Crippen LogP contribution < -0.4 is 9.47 Å². The third-order valence-corrected chi connectivity index (χ3v) is 4.20. The smallest absolute Gasteiger partial charge is 0.201 e. The summed E-state index contributed by atoms with van der Waals surface area (Å²) in [5, 5.41) is 0. The molecule has 0 unspecified atom stereocenters. The Hall–Kier alpha value is -2.88. The minimum absolute atomic E-state index is 0.0518. The van der Waals surface area contributed by atoms with Crippen molar-refractivity contribution in [3.63, 3.8) is 0 Å². The molecule has 0 heterocycles. The lowest BCUT2D eigenvalue weighted by molar-refractivity contribution is 0.295. The Balaban J connectivity index is 1.84. The summed E-state index contributed by atoms with van der Waals surface area (Å²) in [6.45, 7) is 4.83. The van der Waals surface area contributed by atoms with Crippen LogP contribution in [0.3, 0.4) is 0 Å². The van der Waals surface area contributed by atoms with E-state index in [2.05, 4.69) is 0 Å². The second-order valence-electron chi connectivity index (χ2n) is 6.12. The molecule has 140 valence electrons. The molecule has 0 aliphatic rings. The van der Waals surface area contributed by atoms with Crippen molar-refractivity contribution in [2.24, 2.45) is 0 Å². The van der Waals surface area contributed by atoms with E-state index in [0.29, 0.717) is 18.8 Å². The van der Waals surface area contributed by atoms with Gasteiger partial charge in [-0.1, -0.05) is 43.3 Å². The number of hydrogen-bond acceptors (Lipinski definition) is 2. The summed E-state index contributed by atoms with van der Waals surface area (Å²) in [5.41, 5.74) is 2.85. The lowest BCUT2D eigenvalue weighted by Gasteiger charge is -2.11. The Morgan fingerprint density at radius 1 is 0.667 bits per heavy atom. The van der Waals surface area contributed by atoms with Gasteiger partial charge in [0.2, 0.25) is 5.82 Å². The number of benzene rings is 3. The summed E-state index contributed by atoms with van der Waals surface area (Å²) < 4.78 is 39.3. The third-order valence-electron chi connectivity index (χ3n) is 4.20. The van der Waals surface area contributed by atoms with Gasteiger partial charge in [0.05, 0.1) is 13.2 Å². The Morgan fingerprint density at radius 3 is 1.85 bits per heavy atom. The molecular formula is C23H22F2O2. The molecule has 0 aliphatic carbocycles. The molecule has 4 heteroatoms. The van der Waals surface area contributed by atoms with Gasteiger partial charge in [-0.25, -0.2) is 4.39 Å². The fourth-order valence-corrected chi connectivity index (χ4v) is 2.83. The van der Waals surface area contributed by atoms with E-state index in [9.17, 15) is 8.78 Å². The Labute approximate surface area is 158 Å². The van der Waals surface area contributed by atoms with Crippen LogP contribution in [0.25, 0.3) is 22.3 Å². The van der Waals surface area contributed by atoms with E-state index in [4.69, 9.17) is 9.47 Å². The van der Waals surface area contributed by atoms with Crippen LogP contribution in [0.5, 0.6) is 11.5 Å². The van der Waals surface area contributed by atoms with Crippen molar-refractivity contribution in [2.45, 2.75) is 20.3 Å². The number of ether oxygens (including phenoxy) is 2. The molecule has 0 aromatic heterocycles. The van der Waals surface area contributed by atoms with Crippen molar-refractivity contribution in [2.75, 3.05) is 13.2 Å². The highest BCUT2D eigenvalue weighted by molar-refractivity contribution is 5.71. The topological polar surface area (TPSA) is 18.5 Å². The molecule has 0 bridgehead atoms. The van der Waals surface area contributed by atoms with Gasteiger partial charge in [-0.2, -0.15) is 4.39 Å². The molecule has 0 saturated carbocycles. The summed E-state index contributed by atoms with van der Waals surface area (Å²) in [5.74, 6) is -1.07. The molecule has 3 aromatic rings. The molecule has 0 saturated heterocycles. The molecule has 2 nitrogen and oxygen atoms in total. The van der Waals surface area contributed by atoms with Gasteiger partial charge in [0, 0.05) is 5.56 Å². The first-order chi connectivity index (χ1) is 13.1. The van der Waals surface area contributed by atoms with E-state index in [-0.39, 0.29) is 11.3 Å². The zero-order valence-corrected chi connectivity index (χ0v) is 15.5. The number of rotatable bonds is 7. The molecule has 0 fully saturated rings. The molecule has 0 amide bonds. The summed E-state index contributed by atoms with van der Waals surface area (Å²) in [6.07, 6.45) is 0.732. The Kier molecular flexibility index (Phi) is 6.07. The first-order valence-corrected chi connectivity index (χ1v) is 9.08. The van der Waals surface area contributed by atoms with E-state index < -0.39 is 11.6 Å². The van der Waals surface area contributed by atoms with Crippen molar-refractivity contribution < 1.29 is 18.3 Å². The molecule has 0 spiro atoms. The van der Waals surface area contributed by atoms with Gasteiger partial charge < -0.3 is 9.47 Å². The van der Waals surface area contributed by atoms with E-state index in [1.807, 2.05) is 50.2 Å². The van der Waals surface area contributed by atoms with Gasteiger partial charge in [0.25, 0.3) is 0 Å². The van der Waals surface area contributed by atoms with Gasteiger partial charge in [-0.3, -0.25) is 0 Å². The third kappa shape index (κ3) is 4.27. The maximum absolute atomic E-state index is 14.4. The quantitative estimate of drug-likeness (QED) is 0.475. The molecular weight excluding hydrogens is 346 g/mol. The average Bonchev–Trinajstić information content (AvgIpc) is 2.70. The maximum Gasteiger partial charge on any atom is 0.201 e. The summed E-state index contributed by atoms with van der Waals surface area (Å²) >= 11 is 0. The van der Waals surface area contributed by atoms with Crippen molar-refractivity contribution in [1.29, 1.82) is 0 Å². The van der Waals surface area contributed by atoms with E-state index in [0.717, 1.165) is 23.3 Å². The van der Waals surface area contributed by atoms with Crippen LogP contribution in [-0.4, -0.2) is 13.2 Å². The standard InChI is InChI=1S/C23H22F2O2/c1-3-15-27-21-14-13-20(22(24)23(21)25)18-7-5-16(6-8-18)17-9-11-19(12-10-17)26-4-2/h5-14H,3-4,15H2,1-2H3. The van der Waals surface area contributed by atoms with E-state index in [1.165, 1.54) is 6.07 Å². The minimum Gasteiger partial charge on any atom is -0.494 e. The molecule has 3 rings (SSSR count). The monoisotopic (exact) mass is 368 g/mol. The average molecular weight is 368 g/mol. The van der Waals surface area contributed by atoms with Crippen LogP contribution in [0.1, 0.15) is 20.3 Å². The minimum atomic E-state index is -0.948. The van der Waals surface area contributed by atoms with Crippen LogP contribution in [0.2, 0.25) is 0 Å². The predicted octanol–water partition coefficient (Wildman–Crippen LogP) is 6.49. The molecule has 0 N–H and O–H groups in total. The highest BCUT2D eigenvalue weighted by Gasteiger charge is 2.15. The van der Waals surface area contributed by atoms with E-state index in [1.54, 1.807) is 18.2 Å². The largest absolute Gasteiger partial charge is 0.494 e. The second-order valence-corrected chi connectivity index (χ2v) is 6.12. The van der Waals surface area contributed by atoms with Gasteiger partial charge in [0.15, 0.2) is 11.6 Å². The van der Waals surface area contributed by atoms with E-state index >= 15 is 0 Å². The molecule has 3 aromatic carbocycles. The molecule has 0 radical (unpaired) electrons. The van der Waals surface area contributed by atoms with Gasteiger partial charge in [-0.15, -0.1) is 0 Å². The first-order valence-electron chi connectivity index (χ1n) is 9.08. The van der Waals surface area contributed by atoms with Gasteiger partial charge >= 0.3 is 0 Å². The Morgan fingerprint density at radius 2 is 1.26 bits per heavy atom. The number of halogens is 2. The molecule has 0 atom stereocenters. The molecule has 27 heavy (non-hydrogen) atoms. The maximum atomic E-state index is 14.4. The SMILES string of the molecule is CCCOc1ccc(-c2ccc(-c3ccc(OCC)cc3)cc2)c(F)c1F.